The number of esters is 1. The Hall–Kier alpha value is -1.10. The van der Waals surface area contributed by atoms with E-state index in [0.29, 0.717) is 12.1 Å². The van der Waals surface area contributed by atoms with E-state index in [4.69, 9.17) is 4.74 Å². The Morgan fingerprint density at radius 3 is 2.41 bits per heavy atom. The lowest BCUT2D eigenvalue weighted by Gasteiger charge is -2.36. The summed E-state index contributed by atoms with van der Waals surface area (Å²) in [6, 6.07) is 10.5. The largest absolute Gasteiger partial charge is 0.462 e. The molecule has 4 atom stereocenters. The Kier molecular flexibility index (Phi) is 5.84. The van der Waals surface area contributed by atoms with Gasteiger partial charge in [0.2, 0.25) is 0 Å². The molecular weight excluding hydrogens is 302 g/mol. The number of carbonyl (C=O) groups is 1. The first-order valence-corrected chi connectivity index (χ1v) is 7.77. The molecule has 1 aromatic rings. The standard InChI is InChI=1S/C17H23NO3.ClH/c1-18-13-7-8-14(18)10-15(9-13)21-17(20)16(11-19)12-5-3-2-4-6-12;/h2-6,13-16,19H,7-11H2,1H3;1H/t13-,14+,15?,16-;/m0./s1. The number of hydrogen-bond acceptors (Lipinski definition) is 4. The molecule has 2 aliphatic rings. The number of carbonyl (C=O) groups excluding carboxylic acids is 1. The van der Waals surface area contributed by atoms with Gasteiger partial charge in [0.1, 0.15) is 12.0 Å². The molecule has 0 spiro atoms. The van der Waals surface area contributed by atoms with Crippen LogP contribution in [0.15, 0.2) is 30.3 Å². The van der Waals surface area contributed by atoms with Crippen LogP contribution < -0.4 is 0 Å². The van der Waals surface area contributed by atoms with Crippen molar-refractivity contribution in [1.29, 1.82) is 0 Å². The smallest absolute Gasteiger partial charge is 0.316 e. The monoisotopic (exact) mass is 325 g/mol. The van der Waals surface area contributed by atoms with Crippen molar-refractivity contribution in [3.8, 4) is 0 Å². The third-order valence-corrected chi connectivity index (χ3v) is 5.01. The molecule has 2 fully saturated rings. The van der Waals surface area contributed by atoms with Crippen molar-refractivity contribution in [3.63, 3.8) is 0 Å². The molecule has 1 unspecified atom stereocenters. The average Bonchev–Trinajstić information content (AvgIpc) is 2.72. The molecule has 2 heterocycles. The van der Waals surface area contributed by atoms with E-state index in [1.807, 2.05) is 30.3 Å². The van der Waals surface area contributed by atoms with E-state index >= 15 is 0 Å². The van der Waals surface area contributed by atoms with Gasteiger partial charge in [0.25, 0.3) is 0 Å². The zero-order valence-electron chi connectivity index (χ0n) is 12.9. The Labute approximate surface area is 137 Å². The first kappa shape index (κ1) is 17.3. The zero-order valence-corrected chi connectivity index (χ0v) is 13.7. The topological polar surface area (TPSA) is 49.8 Å². The van der Waals surface area contributed by atoms with Gasteiger partial charge < -0.3 is 14.7 Å². The van der Waals surface area contributed by atoms with Crippen molar-refractivity contribution >= 4 is 18.4 Å². The maximum Gasteiger partial charge on any atom is 0.316 e. The molecule has 1 N–H and O–H groups in total. The van der Waals surface area contributed by atoms with Crippen molar-refractivity contribution in [3.05, 3.63) is 35.9 Å². The molecule has 5 heteroatoms. The van der Waals surface area contributed by atoms with Gasteiger partial charge in [-0.3, -0.25) is 4.79 Å². The van der Waals surface area contributed by atoms with Crippen LogP contribution in [0.4, 0.5) is 0 Å². The molecular formula is C17H24ClNO3. The predicted octanol–water partition coefficient (Wildman–Crippen LogP) is 2.35. The van der Waals surface area contributed by atoms with Gasteiger partial charge in [0.15, 0.2) is 0 Å². The number of ether oxygens (including phenoxy) is 1. The third kappa shape index (κ3) is 3.45. The SMILES string of the molecule is CN1[C@@H]2CC[C@H]1CC(OC(=O)[C@@H](CO)c1ccccc1)C2.Cl. The van der Waals surface area contributed by atoms with Gasteiger partial charge in [0.05, 0.1) is 6.61 Å². The average molecular weight is 326 g/mol. The molecule has 2 saturated heterocycles. The van der Waals surface area contributed by atoms with E-state index in [9.17, 15) is 9.90 Å². The van der Waals surface area contributed by atoms with Crippen molar-refractivity contribution < 1.29 is 14.6 Å². The molecule has 0 saturated carbocycles. The molecule has 22 heavy (non-hydrogen) atoms. The van der Waals surface area contributed by atoms with Gasteiger partial charge in [0, 0.05) is 12.1 Å². The fourth-order valence-corrected chi connectivity index (χ4v) is 3.71. The molecule has 0 radical (unpaired) electrons. The summed E-state index contributed by atoms with van der Waals surface area (Å²) in [5.74, 6) is -0.860. The Bertz CT molecular complexity index is 482. The molecule has 2 aliphatic heterocycles. The van der Waals surface area contributed by atoms with Gasteiger partial charge in [-0.05, 0) is 38.3 Å². The van der Waals surface area contributed by atoms with Crippen LogP contribution in [0.25, 0.3) is 0 Å². The first-order valence-electron chi connectivity index (χ1n) is 7.77. The number of benzene rings is 1. The highest BCUT2D eigenvalue weighted by Gasteiger charge is 2.40. The van der Waals surface area contributed by atoms with Crippen LogP contribution in [0.5, 0.6) is 0 Å². The number of aliphatic hydroxyl groups excluding tert-OH is 1. The van der Waals surface area contributed by atoms with Gasteiger partial charge in [-0.15, -0.1) is 12.4 Å². The van der Waals surface area contributed by atoms with Crippen LogP contribution in [0.2, 0.25) is 0 Å². The van der Waals surface area contributed by atoms with Gasteiger partial charge >= 0.3 is 5.97 Å². The van der Waals surface area contributed by atoms with Crippen LogP contribution in [0, 0.1) is 0 Å². The minimum absolute atomic E-state index is 0. The fraction of sp³-hybridized carbons (Fsp3) is 0.588. The van der Waals surface area contributed by atoms with E-state index in [0.717, 1.165) is 18.4 Å². The fourth-order valence-electron chi connectivity index (χ4n) is 3.71. The van der Waals surface area contributed by atoms with Crippen molar-refractivity contribution in [2.24, 2.45) is 0 Å². The lowest BCUT2D eigenvalue weighted by atomic mass is 9.98. The molecule has 3 rings (SSSR count). The van der Waals surface area contributed by atoms with Crippen molar-refractivity contribution in [2.75, 3.05) is 13.7 Å². The van der Waals surface area contributed by atoms with E-state index in [1.165, 1.54) is 12.8 Å². The second-order valence-corrected chi connectivity index (χ2v) is 6.23. The number of halogens is 1. The minimum atomic E-state index is -0.566. The van der Waals surface area contributed by atoms with Gasteiger partial charge in [-0.1, -0.05) is 30.3 Å². The summed E-state index contributed by atoms with van der Waals surface area (Å²) in [6.45, 7) is -0.206. The Morgan fingerprint density at radius 2 is 1.86 bits per heavy atom. The molecule has 0 aliphatic carbocycles. The molecule has 0 aromatic heterocycles. The second kappa shape index (κ2) is 7.44. The summed E-state index contributed by atoms with van der Waals surface area (Å²) in [5.41, 5.74) is 0.820. The van der Waals surface area contributed by atoms with Crippen molar-refractivity contribution in [1.82, 2.24) is 4.90 Å². The second-order valence-electron chi connectivity index (χ2n) is 6.23. The molecule has 122 valence electrons. The molecule has 1 aromatic carbocycles. The maximum atomic E-state index is 12.4. The van der Waals surface area contributed by atoms with E-state index in [-0.39, 0.29) is 31.1 Å². The number of rotatable bonds is 4. The molecule has 0 amide bonds. The van der Waals surface area contributed by atoms with Crippen LogP contribution in [-0.2, 0) is 9.53 Å². The highest BCUT2D eigenvalue weighted by atomic mass is 35.5. The van der Waals surface area contributed by atoms with Gasteiger partial charge in [-0.2, -0.15) is 0 Å². The highest BCUT2D eigenvalue weighted by molar-refractivity contribution is 5.85. The summed E-state index contributed by atoms with van der Waals surface area (Å²) in [6.07, 6.45) is 4.26. The number of nitrogens with zero attached hydrogens (tertiary/aromatic N) is 1. The summed E-state index contributed by atoms with van der Waals surface area (Å²) >= 11 is 0. The summed E-state index contributed by atoms with van der Waals surface area (Å²) in [4.78, 5) is 14.8. The van der Waals surface area contributed by atoms with Crippen LogP contribution in [-0.4, -0.2) is 47.8 Å². The predicted molar refractivity (Wildman–Crippen MR) is 87.2 cm³/mol. The highest BCUT2D eigenvalue weighted by Crippen LogP contribution is 2.36. The van der Waals surface area contributed by atoms with E-state index < -0.39 is 5.92 Å². The molecule has 4 nitrogen and oxygen atoms in total. The van der Waals surface area contributed by atoms with Crippen LogP contribution in [0.3, 0.4) is 0 Å². The number of aliphatic hydroxyl groups is 1. The quantitative estimate of drug-likeness (QED) is 0.863. The lowest BCUT2D eigenvalue weighted by molar-refractivity contribution is -0.155. The summed E-state index contributed by atoms with van der Waals surface area (Å²) in [7, 11) is 2.17. The van der Waals surface area contributed by atoms with Crippen LogP contribution in [0.1, 0.15) is 37.2 Å². The maximum absolute atomic E-state index is 12.4. The van der Waals surface area contributed by atoms with Crippen molar-refractivity contribution in [2.45, 2.75) is 49.8 Å². The minimum Gasteiger partial charge on any atom is -0.462 e. The number of piperidine rings is 1. The lowest BCUT2D eigenvalue weighted by Crippen LogP contribution is -2.43. The Balaban J connectivity index is 0.00000176. The number of fused-ring (bicyclic) bond motifs is 2. The first-order chi connectivity index (χ1) is 10.2. The summed E-state index contributed by atoms with van der Waals surface area (Å²) < 4.78 is 5.70. The normalized spacial score (nSPS) is 28.7. The van der Waals surface area contributed by atoms with E-state index in [2.05, 4.69) is 11.9 Å². The van der Waals surface area contributed by atoms with E-state index in [1.54, 1.807) is 0 Å². The summed E-state index contributed by atoms with van der Waals surface area (Å²) in [5, 5.41) is 9.53. The number of hydrogen-bond donors (Lipinski definition) is 1. The van der Waals surface area contributed by atoms with Crippen LogP contribution >= 0.6 is 12.4 Å². The Morgan fingerprint density at radius 1 is 1.27 bits per heavy atom. The molecule has 2 bridgehead atoms. The van der Waals surface area contributed by atoms with Gasteiger partial charge in [-0.25, -0.2) is 0 Å². The zero-order chi connectivity index (χ0) is 14.8. The third-order valence-electron chi connectivity index (χ3n) is 5.01.